The monoisotopic (exact) mass is 188 g/mol. The van der Waals surface area contributed by atoms with Crippen molar-refractivity contribution < 1.29 is 9.53 Å². The van der Waals surface area contributed by atoms with Gasteiger partial charge < -0.3 is 15.4 Å². The number of carbonyl (C=O) groups is 1. The van der Waals surface area contributed by atoms with E-state index in [-0.39, 0.29) is 11.5 Å². The lowest BCUT2D eigenvalue weighted by Crippen LogP contribution is -2.40. The Labute approximate surface area is 80.0 Å². The van der Waals surface area contributed by atoms with Crippen LogP contribution in [0.4, 0.5) is 4.79 Å². The van der Waals surface area contributed by atoms with Gasteiger partial charge in [0.2, 0.25) is 0 Å². The molecule has 0 aliphatic heterocycles. The summed E-state index contributed by atoms with van der Waals surface area (Å²) in [4.78, 5) is 12.8. The third-order valence-corrected chi connectivity index (χ3v) is 1.80. The molecule has 0 bridgehead atoms. The van der Waals surface area contributed by atoms with Gasteiger partial charge in [-0.25, -0.2) is 4.79 Å². The lowest BCUT2D eigenvalue weighted by molar-refractivity contribution is 0.103. The molecule has 4 heteroatoms. The van der Waals surface area contributed by atoms with Gasteiger partial charge in [0, 0.05) is 13.6 Å². The molecule has 13 heavy (non-hydrogen) atoms. The van der Waals surface area contributed by atoms with Gasteiger partial charge in [-0.15, -0.1) is 0 Å². The summed E-state index contributed by atoms with van der Waals surface area (Å²) < 4.78 is 4.84. The van der Waals surface area contributed by atoms with Crippen LogP contribution >= 0.6 is 0 Å². The van der Waals surface area contributed by atoms with Gasteiger partial charge in [-0.3, -0.25) is 0 Å². The molecule has 4 nitrogen and oxygen atoms in total. The molecule has 2 N–H and O–H groups in total. The van der Waals surface area contributed by atoms with Gasteiger partial charge in [0.15, 0.2) is 0 Å². The van der Waals surface area contributed by atoms with Gasteiger partial charge in [-0.1, -0.05) is 13.8 Å². The number of rotatable bonds is 4. The summed E-state index contributed by atoms with van der Waals surface area (Å²) in [5, 5.41) is 0. The molecule has 0 atom stereocenters. The molecule has 0 radical (unpaired) electrons. The van der Waals surface area contributed by atoms with Crippen molar-refractivity contribution in [3.05, 3.63) is 0 Å². The van der Waals surface area contributed by atoms with Gasteiger partial charge >= 0.3 is 6.09 Å². The van der Waals surface area contributed by atoms with Gasteiger partial charge in [0.05, 0.1) is 6.61 Å². The number of ether oxygens (including phenoxy) is 1. The van der Waals surface area contributed by atoms with Crippen molar-refractivity contribution in [2.45, 2.75) is 20.8 Å². The van der Waals surface area contributed by atoms with Crippen LogP contribution in [0.2, 0.25) is 0 Å². The van der Waals surface area contributed by atoms with Gasteiger partial charge in [0.25, 0.3) is 0 Å². The van der Waals surface area contributed by atoms with Crippen molar-refractivity contribution in [1.82, 2.24) is 4.90 Å². The number of hydrogen-bond acceptors (Lipinski definition) is 3. The highest BCUT2D eigenvalue weighted by atomic mass is 16.5. The molecule has 0 aliphatic rings. The first kappa shape index (κ1) is 12.2. The Balaban J connectivity index is 3.99. The van der Waals surface area contributed by atoms with E-state index in [4.69, 9.17) is 10.5 Å². The highest BCUT2D eigenvalue weighted by molar-refractivity contribution is 5.67. The van der Waals surface area contributed by atoms with Crippen molar-refractivity contribution in [2.75, 3.05) is 26.7 Å². The second kappa shape index (κ2) is 5.07. The quantitative estimate of drug-likeness (QED) is 0.717. The second-order valence-electron chi connectivity index (χ2n) is 3.92. The van der Waals surface area contributed by atoms with Crippen molar-refractivity contribution in [3.63, 3.8) is 0 Å². The summed E-state index contributed by atoms with van der Waals surface area (Å²) in [7, 11) is 1.72. The van der Waals surface area contributed by atoms with Crippen LogP contribution in [0.5, 0.6) is 0 Å². The summed E-state index contributed by atoms with van der Waals surface area (Å²) >= 11 is 0. The van der Waals surface area contributed by atoms with Crippen molar-refractivity contribution in [3.8, 4) is 0 Å². The predicted molar refractivity (Wildman–Crippen MR) is 52.5 cm³/mol. The standard InChI is InChI=1S/C9H20N2O2/c1-5-13-8(12)11(4)7-9(2,3)6-10/h5-7,10H2,1-4H3. The Morgan fingerprint density at radius 2 is 2.08 bits per heavy atom. The number of nitrogens with zero attached hydrogens (tertiary/aromatic N) is 1. The average Bonchev–Trinajstić information content (AvgIpc) is 2.04. The topological polar surface area (TPSA) is 55.6 Å². The highest BCUT2D eigenvalue weighted by Crippen LogP contribution is 2.14. The number of nitrogens with two attached hydrogens (primary N) is 1. The van der Waals surface area contributed by atoms with Crippen molar-refractivity contribution >= 4 is 6.09 Å². The Morgan fingerprint density at radius 1 is 1.54 bits per heavy atom. The molecule has 1 amide bonds. The molecule has 0 aliphatic carbocycles. The van der Waals surface area contributed by atoms with E-state index >= 15 is 0 Å². The van der Waals surface area contributed by atoms with Crippen LogP contribution in [0.1, 0.15) is 20.8 Å². The van der Waals surface area contributed by atoms with E-state index in [0.29, 0.717) is 19.7 Å². The summed E-state index contributed by atoms with van der Waals surface area (Å²) in [6, 6.07) is 0. The highest BCUT2D eigenvalue weighted by Gasteiger charge is 2.21. The third kappa shape index (κ3) is 4.72. The fourth-order valence-electron chi connectivity index (χ4n) is 1.00. The second-order valence-corrected chi connectivity index (χ2v) is 3.92. The fourth-order valence-corrected chi connectivity index (χ4v) is 1.00. The molecule has 0 rings (SSSR count). The molecule has 78 valence electrons. The van der Waals surface area contributed by atoms with E-state index in [1.165, 1.54) is 0 Å². The van der Waals surface area contributed by atoms with E-state index in [9.17, 15) is 4.79 Å². The van der Waals surface area contributed by atoms with E-state index in [1.54, 1.807) is 18.9 Å². The van der Waals surface area contributed by atoms with Gasteiger partial charge in [-0.05, 0) is 18.9 Å². The van der Waals surface area contributed by atoms with Crippen LogP contribution in [-0.4, -0.2) is 37.7 Å². The molecule has 0 aromatic rings. The van der Waals surface area contributed by atoms with Crippen LogP contribution in [0.25, 0.3) is 0 Å². The zero-order valence-electron chi connectivity index (χ0n) is 8.96. The first-order chi connectivity index (χ1) is 5.93. The maximum atomic E-state index is 11.2. The fraction of sp³-hybridized carbons (Fsp3) is 0.889. The van der Waals surface area contributed by atoms with E-state index in [1.807, 2.05) is 13.8 Å². The number of carbonyl (C=O) groups excluding carboxylic acids is 1. The van der Waals surface area contributed by atoms with E-state index < -0.39 is 0 Å². The van der Waals surface area contributed by atoms with Crippen LogP contribution < -0.4 is 5.73 Å². The first-order valence-electron chi connectivity index (χ1n) is 4.51. The third-order valence-electron chi connectivity index (χ3n) is 1.80. The van der Waals surface area contributed by atoms with Crippen molar-refractivity contribution in [2.24, 2.45) is 11.1 Å². The Hall–Kier alpha value is -0.770. The molecule has 0 saturated carbocycles. The average molecular weight is 188 g/mol. The molecular formula is C9H20N2O2. The summed E-state index contributed by atoms with van der Waals surface area (Å²) in [6.07, 6.45) is -0.288. The molecule has 0 spiro atoms. The summed E-state index contributed by atoms with van der Waals surface area (Å²) in [5.74, 6) is 0. The molecule has 0 fully saturated rings. The zero-order valence-corrected chi connectivity index (χ0v) is 8.96. The van der Waals surface area contributed by atoms with E-state index in [2.05, 4.69) is 0 Å². The maximum Gasteiger partial charge on any atom is 0.409 e. The largest absolute Gasteiger partial charge is 0.450 e. The summed E-state index contributed by atoms with van der Waals surface area (Å²) in [6.45, 7) is 7.40. The Bertz CT molecular complexity index is 169. The maximum absolute atomic E-state index is 11.2. The van der Waals surface area contributed by atoms with Crippen LogP contribution in [-0.2, 0) is 4.74 Å². The lowest BCUT2D eigenvalue weighted by atomic mass is 9.93. The van der Waals surface area contributed by atoms with Crippen LogP contribution in [0.15, 0.2) is 0 Å². The predicted octanol–water partition coefficient (Wildman–Crippen LogP) is 1.06. The minimum Gasteiger partial charge on any atom is -0.450 e. The first-order valence-corrected chi connectivity index (χ1v) is 4.51. The normalized spacial score (nSPS) is 11.2. The number of amides is 1. The van der Waals surface area contributed by atoms with Gasteiger partial charge in [0.1, 0.15) is 0 Å². The van der Waals surface area contributed by atoms with E-state index in [0.717, 1.165) is 0 Å². The Kier molecular flexibility index (Phi) is 4.77. The minimum atomic E-state index is -0.288. The Morgan fingerprint density at radius 3 is 2.46 bits per heavy atom. The lowest BCUT2D eigenvalue weighted by Gasteiger charge is -2.28. The zero-order chi connectivity index (χ0) is 10.5. The molecule has 0 aromatic carbocycles. The summed E-state index contributed by atoms with van der Waals surface area (Å²) in [5.41, 5.74) is 5.50. The van der Waals surface area contributed by atoms with Crippen LogP contribution in [0, 0.1) is 5.41 Å². The minimum absolute atomic E-state index is 0.0541. The molecular weight excluding hydrogens is 168 g/mol. The van der Waals surface area contributed by atoms with Gasteiger partial charge in [-0.2, -0.15) is 0 Å². The molecule has 0 unspecified atom stereocenters. The number of hydrogen-bond donors (Lipinski definition) is 1. The van der Waals surface area contributed by atoms with Crippen LogP contribution in [0.3, 0.4) is 0 Å². The smallest absolute Gasteiger partial charge is 0.409 e. The molecule has 0 saturated heterocycles. The molecule has 0 heterocycles. The van der Waals surface area contributed by atoms with Crippen molar-refractivity contribution in [1.29, 1.82) is 0 Å². The molecule has 0 aromatic heterocycles. The SMILES string of the molecule is CCOC(=O)N(C)CC(C)(C)CN.